The molecule has 0 unspecified atom stereocenters. The van der Waals surface area contributed by atoms with Gasteiger partial charge in [0.05, 0.1) is 18.7 Å². The molecule has 2 aliphatic heterocycles. The maximum atomic E-state index is 13.5. The van der Waals surface area contributed by atoms with E-state index in [-0.39, 0.29) is 30.9 Å². The van der Waals surface area contributed by atoms with Gasteiger partial charge >= 0.3 is 0 Å². The first kappa shape index (κ1) is 22.6. The van der Waals surface area contributed by atoms with Gasteiger partial charge < -0.3 is 15.3 Å². The Morgan fingerprint density at radius 2 is 1.79 bits per heavy atom. The number of pyridine rings is 1. The molecule has 0 radical (unpaired) electrons. The van der Waals surface area contributed by atoms with Crippen LogP contribution in [0.5, 0.6) is 0 Å². The molecule has 2 aliphatic rings. The first-order valence-corrected chi connectivity index (χ1v) is 10.9. The average Bonchev–Trinajstić information content (AvgIpc) is 3.05. The highest BCUT2D eigenvalue weighted by Gasteiger charge is 2.42. The number of anilines is 1. The summed E-state index contributed by atoms with van der Waals surface area (Å²) >= 11 is 0. The molecule has 0 aliphatic carbocycles. The minimum absolute atomic E-state index is 0.0882. The number of piperazine rings is 1. The Morgan fingerprint density at radius 3 is 2.39 bits per heavy atom. The van der Waals surface area contributed by atoms with Crippen molar-refractivity contribution in [1.82, 2.24) is 19.7 Å². The molecular weight excluding hydrogens is 422 g/mol. The lowest BCUT2D eigenvalue weighted by Crippen LogP contribution is -2.48. The summed E-state index contributed by atoms with van der Waals surface area (Å²) in [4.78, 5) is 47.8. The second kappa shape index (κ2) is 9.93. The average molecular weight is 450 g/mol. The molecule has 1 saturated heterocycles. The molecule has 4 rings (SSSR count). The van der Waals surface area contributed by atoms with Gasteiger partial charge in [-0.15, -0.1) is 0 Å². The lowest BCUT2D eigenvalue weighted by molar-refractivity contribution is -0.138. The minimum atomic E-state index is -0.344. The van der Waals surface area contributed by atoms with E-state index in [9.17, 15) is 19.5 Å². The van der Waals surface area contributed by atoms with Crippen molar-refractivity contribution in [2.75, 3.05) is 44.6 Å². The fourth-order valence-corrected chi connectivity index (χ4v) is 4.19. The molecule has 0 spiro atoms. The predicted octanol–water partition coefficient (Wildman–Crippen LogP) is 0.930. The highest BCUT2D eigenvalue weighted by atomic mass is 16.3. The highest BCUT2D eigenvalue weighted by molar-refractivity contribution is 6.35. The van der Waals surface area contributed by atoms with Crippen LogP contribution in [0.2, 0.25) is 0 Å². The SMILES string of the molecule is CC(=O)Nc1ccc(C2=C(N3CCN(CCO)CC3)C(=O)N(Cc3cccnc3)C2=O)cc1. The summed E-state index contributed by atoms with van der Waals surface area (Å²) in [7, 11) is 0. The number of aromatic nitrogens is 1. The molecule has 0 bridgehead atoms. The van der Waals surface area contributed by atoms with E-state index in [0.29, 0.717) is 55.2 Å². The number of carbonyl (C=O) groups is 3. The van der Waals surface area contributed by atoms with Gasteiger partial charge in [0.25, 0.3) is 11.8 Å². The molecule has 1 aromatic carbocycles. The number of amides is 3. The summed E-state index contributed by atoms with van der Waals surface area (Å²) < 4.78 is 0. The van der Waals surface area contributed by atoms with Crippen molar-refractivity contribution in [3.05, 3.63) is 65.6 Å². The van der Waals surface area contributed by atoms with E-state index >= 15 is 0 Å². The third-order valence-corrected chi connectivity index (χ3v) is 5.81. The van der Waals surface area contributed by atoms with Crippen LogP contribution < -0.4 is 5.32 Å². The molecule has 9 heteroatoms. The number of carbonyl (C=O) groups excluding carboxylic acids is 3. The highest BCUT2D eigenvalue weighted by Crippen LogP contribution is 2.33. The van der Waals surface area contributed by atoms with Gasteiger partial charge in [0.1, 0.15) is 5.70 Å². The largest absolute Gasteiger partial charge is 0.395 e. The summed E-state index contributed by atoms with van der Waals surface area (Å²) in [5.74, 6) is -0.845. The number of nitrogens with zero attached hydrogens (tertiary/aromatic N) is 4. The fourth-order valence-electron chi connectivity index (χ4n) is 4.19. The van der Waals surface area contributed by atoms with Gasteiger partial charge in [-0.05, 0) is 29.3 Å². The molecule has 2 N–H and O–H groups in total. The topological polar surface area (TPSA) is 106 Å². The molecule has 1 fully saturated rings. The van der Waals surface area contributed by atoms with Gasteiger partial charge in [-0.2, -0.15) is 0 Å². The van der Waals surface area contributed by atoms with Crippen molar-refractivity contribution in [3.8, 4) is 0 Å². The van der Waals surface area contributed by atoms with Crippen LogP contribution in [0.1, 0.15) is 18.1 Å². The van der Waals surface area contributed by atoms with Crippen LogP contribution in [0.4, 0.5) is 5.69 Å². The smallest absolute Gasteiger partial charge is 0.278 e. The van der Waals surface area contributed by atoms with Gasteiger partial charge in [0, 0.05) is 57.7 Å². The van der Waals surface area contributed by atoms with Crippen molar-refractivity contribution in [1.29, 1.82) is 0 Å². The third kappa shape index (κ3) is 4.94. The summed E-state index contributed by atoms with van der Waals surface area (Å²) in [5, 5.41) is 11.9. The Morgan fingerprint density at radius 1 is 1.06 bits per heavy atom. The number of hydrogen-bond acceptors (Lipinski definition) is 7. The van der Waals surface area contributed by atoms with Crippen LogP contribution in [0, 0.1) is 0 Å². The molecule has 3 amide bonds. The molecule has 172 valence electrons. The van der Waals surface area contributed by atoms with E-state index in [1.807, 2.05) is 11.0 Å². The first-order valence-electron chi connectivity index (χ1n) is 10.9. The number of imide groups is 1. The number of rotatable bonds is 7. The monoisotopic (exact) mass is 449 g/mol. The van der Waals surface area contributed by atoms with Crippen molar-refractivity contribution < 1.29 is 19.5 Å². The van der Waals surface area contributed by atoms with Crippen LogP contribution in [0.3, 0.4) is 0 Å². The van der Waals surface area contributed by atoms with Gasteiger partial charge in [-0.25, -0.2) is 0 Å². The zero-order chi connectivity index (χ0) is 23.4. The second-order valence-electron chi connectivity index (χ2n) is 8.09. The van der Waals surface area contributed by atoms with Crippen molar-refractivity contribution >= 4 is 29.0 Å². The second-order valence-corrected chi connectivity index (χ2v) is 8.09. The summed E-state index contributed by atoms with van der Waals surface area (Å²) in [6.45, 7) is 4.82. The molecule has 0 atom stereocenters. The maximum Gasteiger partial charge on any atom is 0.278 e. The van der Waals surface area contributed by atoms with Crippen molar-refractivity contribution in [3.63, 3.8) is 0 Å². The zero-order valence-corrected chi connectivity index (χ0v) is 18.5. The van der Waals surface area contributed by atoms with E-state index in [4.69, 9.17) is 0 Å². The zero-order valence-electron chi connectivity index (χ0n) is 18.5. The normalized spacial score (nSPS) is 17.2. The van der Waals surface area contributed by atoms with E-state index in [1.165, 1.54) is 11.8 Å². The maximum absolute atomic E-state index is 13.5. The van der Waals surface area contributed by atoms with E-state index in [2.05, 4.69) is 15.2 Å². The van der Waals surface area contributed by atoms with E-state index in [0.717, 1.165) is 5.56 Å². The lowest BCUT2D eigenvalue weighted by atomic mass is 10.0. The lowest BCUT2D eigenvalue weighted by Gasteiger charge is -2.36. The molecule has 2 aromatic rings. The molecule has 9 nitrogen and oxygen atoms in total. The summed E-state index contributed by atoms with van der Waals surface area (Å²) in [6.07, 6.45) is 3.29. The van der Waals surface area contributed by atoms with Crippen LogP contribution in [-0.2, 0) is 20.9 Å². The number of aliphatic hydroxyl groups excluding tert-OH is 1. The van der Waals surface area contributed by atoms with Crippen LogP contribution in [0.15, 0.2) is 54.5 Å². The standard InChI is InChI=1S/C24H27N5O4/c1-17(31)26-20-6-4-19(5-7-20)21-22(28-11-9-27(10-12-28)13-14-30)24(33)29(23(21)32)16-18-3-2-8-25-15-18/h2-8,15,30H,9-14,16H2,1H3,(H,26,31). The molecule has 33 heavy (non-hydrogen) atoms. The Labute approximate surface area is 192 Å². The molecule has 3 heterocycles. The number of hydrogen-bond donors (Lipinski definition) is 2. The van der Waals surface area contributed by atoms with Gasteiger partial charge in [0.15, 0.2) is 0 Å². The van der Waals surface area contributed by atoms with E-state index in [1.54, 1.807) is 42.7 Å². The minimum Gasteiger partial charge on any atom is -0.395 e. The number of β-amino-alcohol motifs (C(OH)–C–C–N with tert-alkyl or cyclic N) is 1. The summed E-state index contributed by atoms with van der Waals surface area (Å²) in [6, 6.07) is 10.6. The molecule has 1 aromatic heterocycles. The molecule has 0 saturated carbocycles. The Balaban J connectivity index is 1.66. The summed E-state index contributed by atoms with van der Waals surface area (Å²) in [5.41, 5.74) is 2.79. The number of benzene rings is 1. The number of nitrogens with one attached hydrogen (secondary N) is 1. The fraction of sp³-hybridized carbons (Fsp3) is 0.333. The van der Waals surface area contributed by atoms with Crippen molar-refractivity contribution in [2.45, 2.75) is 13.5 Å². The van der Waals surface area contributed by atoms with Crippen LogP contribution in [0.25, 0.3) is 5.57 Å². The van der Waals surface area contributed by atoms with Gasteiger partial charge in [-0.1, -0.05) is 18.2 Å². The van der Waals surface area contributed by atoms with Gasteiger partial charge in [0.2, 0.25) is 5.91 Å². The Bertz CT molecular complexity index is 1060. The van der Waals surface area contributed by atoms with E-state index < -0.39 is 0 Å². The Hall–Kier alpha value is -3.56. The quantitative estimate of drug-likeness (QED) is 0.606. The predicted molar refractivity (Wildman–Crippen MR) is 123 cm³/mol. The third-order valence-electron chi connectivity index (χ3n) is 5.81. The Kier molecular flexibility index (Phi) is 6.81. The first-order chi connectivity index (χ1) is 16.0. The number of aliphatic hydroxyl groups is 1. The van der Waals surface area contributed by atoms with Crippen LogP contribution in [-0.4, -0.2) is 81.8 Å². The van der Waals surface area contributed by atoms with Crippen LogP contribution >= 0.6 is 0 Å². The van der Waals surface area contributed by atoms with Gasteiger partial charge in [-0.3, -0.25) is 29.2 Å². The van der Waals surface area contributed by atoms with Crippen molar-refractivity contribution in [2.24, 2.45) is 0 Å². The molecular formula is C24H27N5O4.